The van der Waals surface area contributed by atoms with Gasteiger partial charge in [-0.05, 0) is 43.7 Å². The molecule has 0 fully saturated rings. The van der Waals surface area contributed by atoms with Gasteiger partial charge in [0.2, 0.25) is 5.91 Å². The van der Waals surface area contributed by atoms with Gasteiger partial charge in [0.25, 0.3) is 0 Å². The minimum atomic E-state index is -0.467. The number of carbonyl (C=O) groups is 1. The van der Waals surface area contributed by atoms with Crippen LogP contribution in [0.15, 0.2) is 47.6 Å². The predicted octanol–water partition coefficient (Wildman–Crippen LogP) is 6.27. The molecule has 0 aliphatic heterocycles. The Kier molecular flexibility index (Phi) is 5.62. The van der Waals surface area contributed by atoms with Gasteiger partial charge in [0.15, 0.2) is 10.8 Å². The van der Waals surface area contributed by atoms with Crippen molar-refractivity contribution < 1.29 is 4.79 Å². The van der Waals surface area contributed by atoms with Crippen molar-refractivity contribution in [2.45, 2.75) is 24.3 Å². The first kappa shape index (κ1) is 20.3. The van der Waals surface area contributed by atoms with Gasteiger partial charge in [-0.15, -0.1) is 10.2 Å². The fraction of sp³-hybridized carbons (Fsp3) is 0.150. The van der Waals surface area contributed by atoms with Gasteiger partial charge in [-0.2, -0.15) is 0 Å². The first-order valence-electron chi connectivity index (χ1n) is 8.70. The average molecular weight is 466 g/mol. The van der Waals surface area contributed by atoms with Gasteiger partial charge in [-0.25, -0.2) is 0 Å². The largest absolute Gasteiger partial charge is 0.323 e. The number of hydrogen-bond acceptors (Lipinski definition) is 4. The lowest BCUT2D eigenvalue weighted by Gasteiger charge is -2.14. The Hall–Kier alpha value is -1.99. The summed E-state index contributed by atoms with van der Waals surface area (Å²) in [5.74, 6) is -0.255. The molecule has 0 saturated heterocycles. The molecule has 2 heterocycles. The summed E-state index contributed by atoms with van der Waals surface area (Å²) in [6, 6.07) is 13.1. The van der Waals surface area contributed by atoms with Crippen LogP contribution in [0.3, 0.4) is 0 Å². The fourth-order valence-electron chi connectivity index (χ4n) is 3.05. The Labute approximate surface area is 186 Å². The monoisotopic (exact) mass is 464 g/mol. The summed E-state index contributed by atoms with van der Waals surface area (Å²) in [5, 5.41) is 13.6. The van der Waals surface area contributed by atoms with E-state index in [1.807, 2.05) is 35.6 Å². The number of thioether (sulfide) groups is 1. The zero-order chi connectivity index (χ0) is 20.7. The second-order valence-electron chi connectivity index (χ2n) is 6.51. The molecule has 1 N–H and O–H groups in total. The van der Waals surface area contributed by atoms with E-state index >= 15 is 0 Å². The quantitative estimate of drug-likeness (QED) is 0.361. The number of rotatable bonds is 4. The van der Waals surface area contributed by atoms with E-state index in [0.717, 1.165) is 22.1 Å². The molecule has 1 amide bonds. The number of aryl methyl sites for hydroxylation is 1. The van der Waals surface area contributed by atoms with E-state index in [0.29, 0.717) is 15.9 Å². The molecule has 5 nitrogen and oxygen atoms in total. The molecule has 0 aliphatic rings. The molecule has 2 aromatic heterocycles. The van der Waals surface area contributed by atoms with Gasteiger partial charge >= 0.3 is 0 Å². The highest BCUT2D eigenvalue weighted by Crippen LogP contribution is 2.35. The van der Waals surface area contributed by atoms with Gasteiger partial charge in [0, 0.05) is 10.4 Å². The summed E-state index contributed by atoms with van der Waals surface area (Å²) < 4.78 is 1.96. The van der Waals surface area contributed by atoms with Crippen LogP contribution in [-0.2, 0) is 4.79 Å². The van der Waals surface area contributed by atoms with E-state index in [9.17, 15) is 4.79 Å². The van der Waals surface area contributed by atoms with Crippen molar-refractivity contribution in [2.24, 2.45) is 0 Å². The van der Waals surface area contributed by atoms with Crippen LogP contribution >= 0.6 is 46.6 Å². The molecule has 148 valence electrons. The number of carbonyl (C=O) groups excluding carboxylic acids is 1. The summed E-state index contributed by atoms with van der Waals surface area (Å²) in [6.45, 7) is 3.83. The number of nitrogens with one attached hydrogen (secondary N) is 1. The van der Waals surface area contributed by atoms with Crippen molar-refractivity contribution >= 4 is 74.7 Å². The minimum absolute atomic E-state index is 0.255. The second-order valence-corrected chi connectivity index (χ2v) is 9.07. The average Bonchev–Trinajstić information content (AvgIpc) is 3.07. The highest BCUT2D eigenvalue weighted by atomic mass is 35.5. The Morgan fingerprint density at radius 1 is 1.10 bits per heavy atom. The maximum Gasteiger partial charge on any atom is 0.237 e. The number of halogens is 3. The Morgan fingerprint density at radius 2 is 1.79 bits per heavy atom. The maximum absolute atomic E-state index is 12.7. The van der Waals surface area contributed by atoms with Gasteiger partial charge in [-0.1, -0.05) is 64.8 Å². The van der Waals surface area contributed by atoms with Crippen LogP contribution in [0.25, 0.3) is 16.6 Å². The summed E-state index contributed by atoms with van der Waals surface area (Å²) in [5.41, 5.74) is 3.18. The van der Waals surface area contributed by atoms with Crippen LogP contribution < -0.4 is 5.32 Å². The molecule has 4 rings (SSSR count). The van der Waals surface area contributed by atoms with Gasteiger partial charge in [0.1, 0.15) is 0 Å². The van der Waals surface area contributed by atoms with E-state index in [1.165, 1.54) is 23.9 Å². The number of para-hydroxylation sites is 1. The van der Waals surface area contributed by atoms with Crippen molar-refractivity contribution in [3.05, 3.63) is 63.1 Å². The smallest absolute Gasteiger partial charge is 0.237 e. The highest BCUT2D eigenvalue weighted by Gasteiger charge is 2.21. The van der Waals surface area contributed by atoms with E-state index in [4.69, 9.17) is 34.8 Å². The number of aromatic nitrogens is 3. The number of nitrogens with zero attached hydrogens (tertiary/aromatic N) is 3. The summed E-state index contributed by atoms with van der Waals surface area (Å²) in [7, 11) is 0. The molecule has 2 aromatic carbocycles. The van der Waals surface area contributed by atoms with E-state index < -0.39 is 5.25 Å². The van der Waals surface area contributed by atoms with Gasteiger partial charge in [0.05, 0.1) is 26.5 Å². The number of amides is 1. The molecule has 9 heteroatoms. The van der Waals surface area contributed by atoms with Gasteiger partial charge < -0.3 is 5.32 Å². The SMILES string of the molecule is Cc1cc2nnc(SC(C)C(=O)Nc3c(Cl)cc(Cl)cc3Cl)n2c2ccccc12. The molecule has 1 unspecified atom stereocenters. The van der Waals surface area contributed by atoms with E-state index in [1.54, 1.807) is 6.92 Å². The van der Waals surface area contributed by atoms with E-state index in [2.05, 4.69) is 21.6 Å². The second kappa shape index (κ2) is 8.03. The van der Waals surface area contributed by atoms with Crippen molar-refractivity contribution in [1.82, 2.24) is 14.6 Å². The number of anilines is 1. The maximum atomic E-state index is 12.7. The molecule has 29 heavy (non-hydrogen) atoms. The number of benzene rings is 2. The molecule has 0 saturated carbocycles. The third-order valence-electron chi connectivity index (χ3n) is 4.48. The lowest BCUT2D eigenvalue weighted by atomic mass is 10.1. The van der Waals surface area contributed by atoms with Crippen LogP contribution in [0.5, 0.6) is 0 Å². The standard InChI is InChI=1S/C20H15Cl3N4OS/c1-10-7-17-25-26-20(27(17)16-6-4-3-5-13(10)16)29-11(2)19(28)24-18-14(22)8-12(21)9-15(18)23/h3-9,11H,1-2H3,(H,24,28). The van der Waals surface area contributed by atoms with Crippen molar-refractivity contribution in [1.29, 1.82) is 0 Å². The Morgan fingerprint density at radius 3 is 2.52 bits per heavy atom. The minimum Gasteiger partial charge on any atom is -0.323 e. The van der Waals surface area contributed by atoms with Crippen molar-refractivity contribution in [3.8, 4) is 0 Å². The zero-order valence-corrected chi connectivity index (χ0v) is 18.5. The molecule has 4 aromatic rings. The third-order valence-corrected chi connectivity index (χ3v) is 6.34. The molecule has 0 aliphatic carbocycles. The number of fused-ring (bicyclic) bond motifs is 3. The van der Waals surface area contributed by atoms with Crippen LogP contribution in [0.4, 0.5) is 5.69 Å². The lowest BCUT2D eigenvalue weighted by molar-refractivity contribution is -0.115. The molecule has 0 bridgehead atoms. The zero-order valence-electron chi connectivity index (χ0n) is 15.4. The van der Waals surface area contributed by atoms with E-state index in [-0.39, 0.29) is 16.0 Å². The molecular formula is C20H15Cl3N4OS. The van der Waals surface area contributed by atoms with Gasteiger partial charge in [-0.3, -0.25) is 9.20 Å². The third kappa shape index (κ3) is 3.90. The van der Waals surface area contributed by atoms with Crippen molar-refractivity contribution in [3.63, 3.8) is 0 Å². The molecular weight excluding hydrogens is 451 g/mol. The predicted molar refractivity (Wildman–Crippen MR) is 121 cm³/mol. The summed E-state index contributed by atoms with van der Waals surface area (Å²) in [4.78, 5) is 12.7. The Bertz CT molecular complexity index is 1230. The topological polar surface area (TPSA) is 59.3 Å². The molecule has 0 radical (unpaired) electrons. The summed E-state index contributed by atoms with van der Waals surface area (Å²) in [6.07, 6.45) is 0. The van der Waals surface area contributed by atoms with Crippen LogP contribution in [-0.4, -0.2) is 25.8 Å². The first-order valence-corrected chi connectivity index (χ1v) is 10.7. The number of pyridine rings is 1. The normalized spacial score (nSPS) is 12.4. The highest BCUT2D eigenvalue weighted by molar-refractivity contribution is 8.00. The lowest BCUT2D eigenvalue weighted by Crippen LogP contribution is -2.23. The number of hydrogen-bond donors (Lipinski definition) is 1. The fourth-order valence-corrected chi connectivity index (χ4v) is 4.83. The molecule has 1 atom stereocenters. The Balaban J connectivity index is 1.64. The molecule has 0 spiro atoms. The first-order chi connectivity index (χ1) is 13.8. The summed E-state index contributed by atoms with van der Waals surface area (Å²) >= 11 is 19.6. The van der Waals surface area contributed by atoms with Crippen molar-refractivity contribution in [2.75, 3.05) is 5.32 Å². The van der Waals surface area contributed by atoms with Crippen LogP contribution in [0.2, 0.25) is 15.1 Å². The van der Waals surface area contributed by atoms with Crippen LogP contribution in [0, 0.1) is 6.92 Å². The van der Waals surface area contributed by atoms with Crippen LogP contribution in [0.1, 0.15) is 12.5 Å².